The highest BCUT2D eigenvalue weighted by Crippen LogP contribution is 2.19. The zero-order valence-corrected chi connectivity index (χ0v) is 8.83. The summed E-state index contributed by atoms with van der Waals surface area (Å²) in [4.78, 5) is 4.35. The molecule has 0 atom stereocenters. The van der Waals surface area contributed by atoms with Crippen LogP contribution in [0.15, 0.2) is 30.3 Å². The number of nitrogen functional groups attached to an aromatic ring is 1. The van der Waals surface area contributed by atoms with E-state index in [2.05, 4.69) is 29.4 Å². The second-order valence-corrected chi connectivity index (χ2v) is 3.50. The predicted molar refractivity (Wildman–Crippen MR) is 63.5 cm³/mol. The van der Waals surface area contributed by atoms with Crippen molar-refractivity contribution in [1.29, 1.82) is 0 Å². The molecule has 3 nitrogen and oxygen atoms in total. The van der Waals surface area contributed by atoms with Crippen LogP contribution in [-0.2, 0) is 6.54 Å². The summed E-state index contributed by atoms with van der Waals surface area (Å²) in [5, 5.41) is 5.41. The molecule has 0 aliphatic carbocycles. The first kappa shape index (κ1) is 9.93. The molecule has 0 saturated carbocycles. The van der Waals surface area contributed by atoms with Gasteiger partial charge in [0.15, 0.2) is 0 Å². The van der Waals surface area contributed by atoms with Gasteiger partial charge in [0.1, 0.15) is 5.82 Å². The normalized spacial score (nSPS) is 10.7. The molecule has 2 aromatic rings. The first-order chi connectivity index (χ1) is 7.31. The van der Waals surface area contributed by atoms with Gasteiger partial charge >= 0.3 is 0 Å². The summed E-state index contributed by atoms with van der Waals surface area (Å²) in [5.41, 5.74) is 6.88. The zero-order chi connectivity index (χ0) is 10.7. The number of hydrogen-bond acceptors (Lipinski definition) is 3. The standard InChI is InChI=1S/C12H15N3/c1-2-14-8-10-7-9-5-3-4-6-11(9)12(13)15-10/h3-7,14H,2,8H2,1H3,(H2,13,15). The lowest BCUT2D eigenvalue weighted by Crippen LogP contribution is -2.13. The highest BCUT2D eigenvalue weighted by Gasteiger charge is 2.01. The number of fused-ring (bicyclic) bond motifs is 1. The maximum absolute atomic E-state index is 5.89. The van der Waals surface area contributed by atoms with E-state index in [4.69, 9.17) is 5.73 Å². The van der Waals surface area contributed by atoms with E-state index in [-0.39, 0.29) is 0 Å². The van der Waals surface area contributed by atoms with E-state index < -0.39 is 0 Å². The Morgan fingerprint density at radius 3 is 2.93 bits per heavy atom. The number of aromatic nitrogens is 1. The van der Waals surface area contributed by atoms with Gasteiger partial charge in [0.2, 0.25) is 0 Å². The molecule has 3 N–H and O–H groups in total. The summed E-state index contributed by atoms with van der Waals surface area (Å²) < 4.78 is 0. The third kappa shape index (κ3) is 2.07. The first-order valence-corrected chi connectivity index (χ1v) is 5.16. The molecule has 1 aromatic carbocycles. The molecule has 0 spiro atoms. The van der Waals surface area contributed by atoms with Gasteiger partial charge < -0.3 is 11.1 Å². The van der Waals surface area contributed by atoms with Crippen LogP contribution in [0, 0.1) is 0 Å². The Balaban J connectivity index is 2.43. The minimum atomic E-state index is 0.612. The summed E-state index contributed by atoms with van der Waals surface area (Å²) in [5.74, 6) is 0.612. The molecule has 0 amide bonds. The van der Waals surface area contributed by atoms with Gasteiger partial charge in [0.05, 0.1) is 5.69 Å². The third-order valence-corrected chi connectivity index (χ3v) is 2.38. The second kappa shape index (κ2) is 4.28. The van der Waals surface area contributed by atoms with E-state index in [0.29, 0.717) is 5.82 Å². The lowest BCUT2D eigenvalue weighted by Gasteiger charge is -2.06. The van der Waals surface area contributed by atoms with Crippen molar-refractivity contribution in [1.82, 2.24) is 10.3 Å². The average molecular weight is 201 g/mol. The number of nitrogens with zero attached hydrogens (tertiary/aromatic N) is 1. The quantitative estimate of drug-likeness (QED) is 0.797. The number of hydrogen-bond donors (Lipinski definition) is 2. The molecule has 0 bridgehead atoms. The fourth-order valence-electron chi connectivity index (χ4n) is 1.63. The van der Waals surface area contributed by atoms with E-state index in [1.807, 2.05) is 18.2 Å². The monoisotopic (exact) mass is 201 g/mol. The SMILES string of the molecule is CCNCc1cc2ccccc2c(N)n1. The van der Waals surface area contributed by atoms with E-state index in [1.165, 1.54) is 0 Å². The van der Waals surface area contributed by atoms with Gasteiger partial charge in [-0.25, -0.2) is 4.98 Å². The summed E-state index contributed by atoms with van der Waals surface area (Å²) >= 11 is 0. The fraction of sp³-hybridized carbons (Fsp3) is 0.250. The average Bonchev–Trinajstić information content (AvgIpc) is 2.26. The van der Waals surface area contributed by atoms with Crippen LogP contribution in [0.4, 0.5) is 5.82 Å². The minimum absolute atomic E-state index is 0.612. The molecule has 2 rings (SSSR count). The van der Waals surface area contributed by atoms with Crippen LogP contribution < -0.4 is 11.1 Å². The molecule has 0 fully saturated rings. The fourth-order valence-corrected chi connectivity index (χ4v) is 1.63. The summed E-state index contributed by atoms with van der Waals surface area (Å²) in [6, 6.07) is 10.1. The molecule has 0 aliphatic rings. The molecule has 3 heteroatoms. The number of nitrogens with two attached hydrogens (primary N) is 1. The van der Waals surface area contributed by atoms with Crippen LogP contribution in [0.3, 0.4) is 0 Å². The predicted octanol–water partition coefficient (Wildman–Crippen LogP) is 1.93. The van der Waals surface area contributed by atoms with Crippen molar-refractivity contribution in [2.75, 3.05) is 12.3 Å². The molecule has 0 saturated heterocycles. The van der Waals surface area contributed by atoms with Crippen LogP contribution in [0.5, 0.6) is 0 Å². The molecular formula is C12H15N3. The number of anilines is 1. The maximum Gasteiger partial charge on any atom is 0.131 e. The Labute approximate surface area is 89.3 Å². The maximum atomic E-state index is 5.89. The Bertz CT molecular complexity index is 465. The second-order valence-electron chi connectivity index (χ2n) is 3.50. The Kier molecular flexibility index (Phi) is 2.83. The van der Waals surface area contributed by atoms with Crippen molar-refractivity contribution in [2.24, 2.45) is 0 Å². The number of benzene rings is 1. The minimum Gasteiger partial charge on any atom is -0.383 e. The van der Waals surface area contributed by atoms with E-state index in [9.17, 15) is 0 Å². The molecule has 1 aromatic heterocycles. The highest BCUT2D eigenvalue weighted by atomic mass is 14.9. The molecule has 1 heterocycles. The van der Waals surface area contributed by atoms with E-state index in [1.54, 1.807) is 0 Å². The van der Waals surface area contributed by atoms with E-state index >= 15 is 0 Å². The summed E-state index contributed by atoms with van der Waals surface area (Å²) in [6.07, 6.45) is 0. The van der Waals surface area contributed by atoms with Gasteiger partial charge in [-0.2, -0.15) is 0 Å². The van der Waals surface area contributed by atoms with Crippen molar-refractivity contribution in [3.8, 4) is 0 Å². The number of pyridine rings is 1. The number of rotatable bonds is 3. The lowest BCUT2D eigenvalue weighted by atomic mass is 10.1. The topological polar surface area (TPSA) is 50.9 Å². The van der Waals surface area contributed by atoms with Crippen LogP contribution in [0.1, 0.15) is 12.6 Å². The number of nitrogens with one attached hydrogen (secondary N) is 1. The molecule has 15 heavy (non-hydrogen) atoms. The Morgan fingerprint density at radius 1 is 1.33 bits per heavy atom. The molecular weight excluding hydrogens is 186 g/mol. The van der Waals surface area contributed by atoms with Crippen LogP contribution >= 0.6 is 0 Å². The van der Waals surface area contributed by atoms with Crippen molar-refractivity contribution < 1.29 is 0 Å². The van der Waals surface area contributed by atoms with Gasteiger partial charge in [0, 0.05) is 11.9 Å². The van der Waals surface area contributed by atoms with Crippen molar-refractivity contribution >= 4 is 16.6 Å². The molecule has 0 unspecified atom stereocenters. The van der Waals surface area contributed by atoms with Crippen LogP contribution in [0.2, 0.25) is 0 Å². The van der Waals surface area contributed by atoms with Crippen molar-refractivity contribution in [3.05, 3.63) is 36.0 Å². The third-order valence-electron chi connectivity index (χ3n) is 2.38. The van der Waals surface area contributed by atoms with Gasteiger partial charge in [-0.15, -0.1) is 0 Å². The summed E-state index contributed by atoms with van der Waals surface area (Å²) in [6.45, 7) is 3.78. The van der Waals surface area contributed by atoms with Gasteiger partial charge in [-0.1, -0.05) is 31.2 Å². The van der Waals surface area contributed by atoms with Crippen LogP contribution in [-0.4, -0.2) is 11.5 Å². The highest BCUT2D eigenvalue weighted by molar-refractivity contribution is 5.91. The van der Waals surface area contributed by atoms with E-state index in [0.717, 1.165) is 29.6 Å². The zero-order valence-electron chi connectivity index (χ0n) is 8.83. The van der Waals surface area contributed by atoms with Crippen LogP contribution in [0.25, 0.3) is 10.8 Å². The van der Waals surface area contributed by atoms with Gasteiger partial charge in [0.25, 0.3) is 0 Å². The molecule has 0 radical (unpaired) electrons. The molecule has 78 valence electrons. The Hall–Kier alpha value is -1.61. The summed E-state index contributed by atoms with van der Waals surface area (Å²) in [7, 11) is 0. The lowest BCUT2D eigenvalue weighted by molar-refractivity contribution is 0.713. The first-order valence-electron chi connectivity index (χ1n) is 5.16. The van der Waals surface area contributed by atoms with Crippen molar-refractivity contribution in [3.63, 3.8) is 0 Å². The van der Waals surface area contributed by atoms with Crippen molar-refractivity contribution in [2.45, 2.75) is 13.5 Å². The molecule has 0 aliphatic heterocycles. The smallest absolute Gasteiger partial charge is 0.131 e. The largest absolute Gasteiger partial charge is 0.383 e. The Morgan fingerprint density at radius 2 is 2.13 bits per heavy atom. The van der Waals surface area contributed by atoms with Gasteiger partial charge in [-0.3, -0.25) is 0 Å². The van der Waals surface area contributed by atoms with Gasteiger partial charge in [-0.05, 0) is 18.0 Å².